The molecule has 17 heavy (non-hydrogen) atoms. The van der Waals surface area contributed by atoms with Crippen LogP contribution in [-0.4, -0.2) is 22.6 Å². The van der Waals surface area contributed by atoms with Gasteiger partial charge in [-0.1, -0.05) is 13.8 Å². The maximum atomic E-state index is 9.46. The van der Waals surface area contributed by atoms with E-state index < -0.39 is 0 Å². The fourth-order valence-corrected chi connectivity index (χ4v) is 3.91. The van der Waals surface area contributed by atoms with Crippen LogP contribution in [0.15, 0.2) is 0 Å². The molecule has 0 heterocycles. The smallest absolute Gasteiger partial charge is 0.108 e. The fourth-order valence-electron chi connectivity index (χ4n) is 2.51. The molecule has 1 fully saturated rings. The van der Waals surface area contributed by atoms with Gasteiger partial charge in [0.1, 0.15) is 5.54 Å². The first-order valence-corrected chi connectivity index (χ1v) is 7.83. The van der Waals surface area contributed by atoms with Crippen LogP contribution >= 0.6 is 11.8 Å². The number of nitrogens with zero attached hydrogens (tertiary/aromatic N) is 1. The van der Waals surface area contributed by atoms with Crippen molar-refractivity contribution < 1.29 is 0 Å². The van der Waals surface area contributed by atoms with Gasteiger partial charge in [0.05, 0.1) is 6.07 Å². The Morgan fingerprint density at radius 3 is 2.65 bits per heavy atom. The van der Waals surface area contributed by atoms with E-state index >= 15 is 0 Å². The molecule has 1 saturated carbocycles. The van der Waals surface area contributed by atoms with E-state index in [1.165, 1.54) is 18.6 Å². The zero-order valence-electron chi connectivity index (χ0n) is 11.6. The lowest BCUT2D eigenvalue weighted by molar-refractivity contribution is 0.284. The molecule has 3 heteroatoms. The van der Waals surface area contributed by atoms with Crippen molar-refractivity contribution in [3.05, 3.63) is 0 Å². The highest BCUT2D eigenvalue weighted by Gasteiger charge is 2.36. The molecule has 98 valence electrons. The van der Waals surface area contributed by atoms with Crippen molar-refractivity contribution in [1.82, 2.24) is 5.32 Å². The van der Waals surface area contributed by atoms with Crippen molar-refractivity contribution in [2.75, 3.05) is 5.75 Å². The zero-order chi connectivity index (χ0) is 12.9. The van der Waals surface area contributed by atoms with Crippen LogP contribution in [0, 0.1) is 17.2 Å². The minimum atomic E-state index is -0.263. The molecule has 1 aliphatic rings. The maximum Gasteiger partial charge on any atom is 0.108 e. The van der Waals surface area contributed by atoms with Gasteiger partial charge in [0, 0.05) is 11.3 Å². The second kappa shape index (κ2) is 6.66. The van der Waals surface area contributed by atoms with Crippen LogP contribution < -0.4 is 5.32 Å². The number of hydrogen-bond donors (Lipinski definition) is 1. The van der Waals surface area contributed by atoms with Gasteiger partial charge >= 0.3 is 0 Å². The lowest BCUT2D eigenvalue weighted by atomic mass is 9.82. The summed E-state index contributed by atoms with van der Waals surface area (Å²) >= 11 is 2.06. The Kier molecular flexibility index (Phi) is 5.82. The van der Waals surface area contributed by atoms with Crippen LogP contribution in [-0.2, 0) is 0 Å². The summed E-state index contributed by atoms with van der Waals surface area (Å²) in [6.45, 7) is 8.79. The lowest BCUT2D eigenvalue weighted by Gasteiger charge is -2.37. The Balaban J connectivity index is 2.54. The molecule has 1 rings (SSSR count). The molecule has 1 aliphatic carbocycles. The minimum absolute atomic E-state index is 0.263. The molecule has 0 saturated heterocycles. The largest absolute Gasteiger partial charge is 0.297 e. The molecule has 0 aliphatic heterocycles. The predicted molar refractivity (Wildman–Crippen MR) is 76.2 cm³/mol. The topological polar surface area (TPSA) is 35.8 Å². The van der Waals surface area contributed by atoms with E-state index in [2.05, 4.69) is 50.8 Å². The van der Waals surface area contributed by atoms with Gasteiger partial charge in [-0.2, -0.15) is 17.0 Å². The molecule has 2 atom stereocenters. The van der Waals surface area contributed by atoms with Crippen molar-refractivity contribution in [3.63, 3.8) is 0 Å². The third-order valence-electron chi connectivity index (χ3n) is 3.15. The Hall–Kier alpha value is -0.200. The van der Waals surface area contributed by atoms with Crippen LogP contribution in [0.1, 0.15) is 53.4 Å². The molecule has 2 nitrogen and oxygen atoms in total. The monoisotopic (exact) mass is 254 g/mol. The molecular formula is C14H26N2S. The number of nitriles is 1. The normalized spacial score (nSPS) is 29.6. The highest BCUT2D eigenvalue weighted by molar-refractivity contribution is 7.99. The standard InChI is InChI=1S/C14H26N2S/c1-11(2)9-17-13-6-5-7-14(8-13,10-15)16-12(3)4/h11-13,16H,5-9H2,1-4H3. The van der Waals surface area contributed by atoms with E-state index in [0.29, 0.717) is 11.3 Å². The molecule has 2 unspecified atom stereocenters. The van der Waals surface area contributed by atoms with Crippen molar-refractivity contribution in [2.45, 2.75) is 70.2 Å². The molecule has 1 N–H and O–H groups in total. The number of thioether (sulfide) groups is 1. The highest BCUT2D eigenvalue weighted by atomic mass is 32.2. The summed E-state index contributed by atoms with van der Waals surface area (Å²) in [4.78, 5) is 0. The third kappa shape index (κ3) is 4.89. The second-order valence-electron chi connectivity index (χ2n) is 5.94. The summed E-state index contributed by atoms with van der Waals surface area (Å²) in [5.41, 5.74) is -0.263. The van der Waals surface area contributed by atoms with Crippen molar-refractivity contribution in [3.8, 4) is 6.07 Å². The van der Waals surface area contributed by atoms with Gasteiger partial charge in [0.15, 0.2) is 0 Å². The molecule has 0 spiro atoms. The number of nitrogens with one attached hydrogen (secondary N) is 1. The number of hydrogen-bond acceptors (Lipinski definition) is 3. The van der Waals surface area contributed by atoms with E-state index in [-0.39, 0.29) is 5.54 Å². The van der Waals surface area contributed by atoms with Crippen LogP contribution in [0.4, 0.5) is 0 Å². The molecule has 0 radical (unpaired) electrons. The van der Waals surface area contributed by atoms with Gasteiger partial charge in [-0.25, -0.2) is 0 Å². The Labute approximate surface area is 111 Å². The van der Waals surface area contributed by atoms with E-state index in [9.17, 15) is 5.26 Å². The SMILES string of the molecule is CC(C)CSC1CCCC(C#N)(NC(C)C)C1. The minimum Gasteiger partial charge on any atom is -0.297 e. The van der Waals surface area contributed by atoms with E-state index in [4.69, 9.17) is 0 Å². The van der Waals surface area contributed by atoms with Crippen LogP contribution in [0.3, 0.4) is 0 Å². The molecule has 0 aromatic heterocycles. The first-order chi connectivity index (χ1) is 7.97. The fraction of sp³-hybridized carbons (Fsp3) is 0.929. The molecule has 0 aromatic carbocycles. The summed E-state index contributed by atoms with van der Waals surface area (Å²) in [6.07, 6.45) is 4.49. The quantitative estimate of drug-likeness (QED) is 0.814. The van der Waals surface area contributed by atoms with E-state index in [1.807, 2.05) is 0 Å². The summed E-state index contributed by atoms with van der Waals surface area (Å²) in [5.74, 6) is 1.96. The summed E-state index contributed by atoms with van der Waals surface area (Å²) < 4.78 is 0. The van der Waals surface area contributed by atoms with Crippen LogP contribution in [0.2, 0.25) is 0 Å². The van der Waals surface area contributed by atoms with Gasteiger partial charge in [-0.05, 0) is 51.2 Å². The van der Waals surface area contributed by atoms with Gasteiger partial charge in [-0.15, -0.1) is 0 Å². The van der Waals surface area contributed by atoms with Crippen molar-refractivity contribution >= 4 is 11.8 Å². The van der Waals surface area contributed by atoms with Crippen LogP contribution in [0.5, 0.6) is 0 Å². The number of rotatable bonds is 5. The Bertz CT molecular complexity index is 270. The average Bonchev–Trinajstić information content (AvgIpc) is 2.26. The average molecular weight is 254 g/mol. The van der Waals surface area contributed by atoms with Gasteiger partial charge in [0.25, 0.3) is 0 Å². The maximum absolute atomic E-state index is 9.46. The summed E-state index contributed by atoms with van der Waals surface area (Å²) in [7, 11) is 0. The molecular weight excluding hydrogens is 228 g/mol. The first kappa shape index (κ1) is 14.9. The van der Waals surface area contributed by atoms with Gasteiger partial charge in [0.2, 0.25) is 0 Å². The van der Waals surface area contributed by atoms with E-state index in [0.717, 1.165) is 18.8 Å². The Morgan fingerprint density at radius 1 is 1.41 bits per heavy atom. The van der Waals surface area contributed by atoms with Crippen LogP contribution in [0.25, 0.3) is 0 Å². The first-order valence-electron chi connectivity index (χ1n) is 6.78. The van der Waals surface area contributed by atoms with Gasteiger partial charge < -0.3 is 0 Å². The summed E-state index contributed by atoms with van der Waals surface area (Å²) in [5, 5.41) is 13.6. The third-order valence-corrected chi connectivity index (χ3v) is 4.88. The highest BCUT2D eigenvalue weighted by Crippen LogP contribution is 2.35. The lowest BCUT2D eigenvalue weighted by Crippen LogP contribution is -2.51. The molecule has 0 amide bonds. The molecule has 0 aromatic rings. The van der Waals surface area contributed by atoms with Crippen molar-refractivity contribution in [1.29, 1.82) is 5.26 Å². The predicted octanol–water partition coefficient (Wildman–Crippen LogP) is 3.58. The summed E-state index contributed by atoms with van der Waals surface area (Å²) in [6, 6.07) is 2.93. The molecule has 0 bridgehead atoms. The van der Waals surface area contributed by atoms with E-state index in [1.54, 1.807) is 0 Å². The zero-order valence-corrected chi connectivity index (χ0v) is 12.4. The second-order valence-corrected chi connectivity index (χ2v) is 7.27. The van der Waals surface area contributed by atoms with Gasteiger partial charge in [-0.3, -0.25) is 5.32 Å². The van der Waals surface area contributed by atoms with Crippen molar-refractivity contribution in [2.24, 2.45) is 5.92 Å². The Morgan fingerprint density at radius 2 is 2.12 bits per heavy atom.